The Morgan fingerprint density at radius 3 is 0.887 bits per heavy atom. The van der Waals surface area contributed by atoms with Crippen molar-refractivity contribution in [2.24, 2.45) is 0 Å². The summed E-state index contributed by atoms with van der Waals surface area (Å²) in [4.78, 5) is 13.5. The normalized spacial score (nSPS) is 12.5. The Bertz CT molecular complexity index is 1180. The molecule has 0 radical (unpaired) electrons. The highest BCUT2D eigenvalue weighted by Crippen LogP contribution is 2.39. The number of carboxylic acids is 1. The van der Waals surface area contributed by atoms with E-state index in [0.29, 0.717) is 0 Å². The Morgan fingerprint density at radius 1 is 0.396 bits per heavy atom. The number of carboxylic acid groups (broad SMARTS) is 1. The topological polar surface area (TPSA) is 37.3 Å². The molecule has 0 aliphatic carbocycles. The average molecular weight is 731 g/mol. The summed E-state index contributed by atoms with van der Waals surface area (Å²) in [5.74, 6) is -0.762. The van der Waals surface area contributed by atoms with Gasteiger partial charge in [0.2, 0.25) is 0 Å². The maximum Gasteiger partial charge on any atom is 0.318 e. The van der Waals surface area contributed by atoms with Crippen molar-refractivity contribution in [1.82, 2.24) is 0 Å². The van der Waals surface area contributed by atoms with E-state index >= 15 is 0 Å². The van der Waals surface area contributed by atoms with Crippen molar-refractivity contribution in [3.8, 4) is 0 Å². The average Bonchev–Trinajstić information content (AvgIpc) is 3.11. The van der Waals surface area contributed by atoms with Crippen molar-refractivity contribution in [2.75, 3.05) is 0 Å². The first-order valence-corrected chi connectivity index (χ1v) is 22.8. The Balaban J connectivity index is 2.13. The van der Waals surface area contributed by atoms with Crippen molar-refractivity contribution < 1.29 is 9.90 Å². The Kier molecular flexibility index (Phi) is 22.3. The predicted octanol–water partition coefficient (Wildman–Crippen LogP) is 16.2. The highest BCUT2D eigenvalue weighted by atomic mass is 16.4. The van der Waals surface area contributed by atoms with E-state index in [2.05, 4.69) is 91.8 Å². The second-order valence-corrected chi connectivity index (χ2v) is 19.0. The molecule has 0 aliphatic rings. The van der Waals surface area contributed by atoms with Crippen LogP contribution in [0.5, 0.6) is 0 Å². The van der Waals surface area contributed by atoms with E-state index in [0.717, 1.165) is 36.8 Å². The summed E-state index contributed by atoms with van der Waals surface area (Å²) < 4.78 is 0. The summed E-state index contributed by atoms with van der Waals surface area (Å²) in [7, 11) is 0. The first kappa shape index (κ1) is 47.1. The van der Waals surface area contributed by atoms with Crippen LogP contribution in [0.25, 0.3) is 0 Å². The maximum atomic E-state index is 13.5. The van der Waals surface area contributed by atoms with Gasteiger partial charge in [0, 0.05) is 0 Å². The molecular formula is C51H86O2. The van der Waals surface area contributed by atoms with Crippen LogP contribution in [0.15, 0.2) is 36.4 Å². The number of unbranched alkanes of at least 4 members (excludes halogenated alkanes) is 22. The monoisotopic (exact) mass is 731 g/mol. The molecule has 0 saturated carbocycles. The standard InChI is InChI=1S/C51H86O2/c1-10-12-14-16-18-20-22-24-26-28-30-32-34-42-36-44(49(3,4)5)40-46(38-42)51(9,48(52)53)47-39-43(37-45(41-47)50(6,7)8)35-33-31-29-27-25-23-21-19-17-15-13-11-2/h36-41H,10-35H2,1-9H3,(H,52,53). The zero-order valence-electron chi connectivity index (χ0n) is 36.7. The quantitative estimate of drug-likeness (QED) is 0.0846. The van der Waals surface area contributed by atoms with E-state index in [-0.39, 0.29) is 10.8 Å². The van der Waals surface area contributed by atoms with Gasteiger partial charge in [-0.2, -0.15) is 0 Å². The van der Waals surface area contributed by atoms with E-state index in [1.807, 2.05) is 6.92 Å². The molecule has 0 heterocycles. The lowest BCUT2D eigenvalue weighted by atomic mass is 9.71. The van der Waals surface area contributed by atoms with Crippen molar-refractivity contribution in [3.63, 3.8) is 0 Å². The summed E-state index contributed by atoms with van der Waals surface area (Å²) in [5.41, 5.74) is 5.65. The number of aryl methyl sites for hydroxylation is 2. The van der Waals surface area contributed by atoms with Gasteiger partial charge < -0.3 is 5.11 Å². The number of rotatable bonds is 29. The Morgan fingerprint density at radius 2 is 0.642 bits per heavy atom. The minimum atomic E-state index is -1.13. The summed E-state index contributed by atoms with van der Waals surface area (Å²) in [6, 6.07) is 13.6. The minimum Gasteiger partial charge on any atom is -0.480 e. The minimum absolute atomic E-state index is 0.0617. The van der Waals surface area contributed by atoms with Crippen LogP contribution in [-0.2, 0) is 33.9 Å². The lowest BCUT2D eigenvalue weighted by molar-refractivity contribution is -0.141. The lowest BCUT2D eigenvalue weighted by Gasteiger charge is -2.31. The van der Waals surface area contributed by atoms with Gasteiger partial charge in [-0.25, -0.2) is 0 Å². The second kappa shape index (κ2) is 25.1. The van der Waals surface area contributed by atoms with Crippen LogP contribution in [-0.4, -0.2) is 11.1 Å². The van der Waals surface area contributed by atoms with Gasteiger partial charge in [-0.05, 0) is 76.8 Å². The molecule has 302 valence electrons. The van der Waals surface area contributed by atoms with Gasteiger partial charge in [-0.15, -0.1) is 0 Å². The van der Waals surface area contributed by atoms with Gasteiger partial charge in [0.25, 0.3) is 0 Å². The molecule has 0 unspecified atom stereocenters. The third-order valence-electron chi connectivity index (χ3n) is 11.9. The molecule has 0 aliphatic heterocycles. The first-order chi connectivity index (χ1) is 25.2. The van der Waals surface area contributed by atoms with Crippen LogP contribution in [0.3, 0.4) is 0 Å². The smallest absolute Gasteiger partial charge is 0.318 e. The van der Waals surface area contributed by atoms with E-state index in [4.69, 9.17) is 0 Å². The third kappa shape index (κ3) is 17.9. The Labute approximate surface area is 330 Å². The molecule has 0 spiro atoms. The van der Waals surface area contributed by atoms with Crippen LogP contribution in [0.1, 0.15) is 250 Å². The number of aliphatic carboxylic acids is 1. The molecule has 0 saturated heterocycles. The number of benzene rings is 2. The SMILES string of the molecule is CCCCCCCCCCCCCCc1cc(C(C)(C)C)cc(C(C)(C(=O)O)c2cc(CCCCCCCCCCCCCC)cc(C(C)(C)C)c2)c1. The third-order valence-corrected chi connectivity index (χ3v) is 11.9. The zero-order chi connectivity index (χ0) is 39.2. The molecule has 2 rings (SSSR count). The highest BCUT2D eigenvalue weighted by Gasteiger charge is 2.39. The maximum absolute atomic E-state index is 13.5. The molecule has 2 aromatic rings. The number of hydrogen-bond donors (Lipinski definition) is 1. The molecule has 0 aromatic heterocycles. The van der Waals surface area contributed by atoms with Crippen molar-refractivity contribution >= 4 is 5.97 Å². The molecule has 2 nitrogen and oxygen atoms in total. The van der Waals surface area contributed by atoms with Gasteiger partial charge >= 0.3 is 5.97 Å². The van der Waals surface area contributed by atoms with Gasteiger partial charge in [-0.3, -0.25) is 4.79 Å². The molecule has 2 heteroatoms. The largest absolute Gasteiger partial charge is 0.480 e. The molecule has 0 atom stereocenters. The van der Waals surface area contributed by atoms with Gasteiger partial charge in [0.05, 0.1) is 0 Å². The summed E-state index contributed by atoms with van der Waals surface area (Å²) >= 11 is 0. The molecule has 1 N–H and O–H groups in total. The molecular weight excluding hydrogens is 645 g/mol. The van der Waals surface area contributed by atoms with E-state index in [1.165, 1.54) is 164 Å². The summed E-state index contributed by atoms with van der Waals surface area (Å²) in [5, 5.41) is 11.1. The first-order valence-electron chi connectivity index (χ1n) is 22.8. The van der Waals surface area contributed by atoms with Crippen LogP contribution in [0.2, 0.25) is 0 Å². The van der Waals surface area contributed by atoms with E-state index in [9.17, 15) is 9.90 Å². The van der Waals surface area contributed by atoms with Crippen LogP contribution in [0, 0.1) is 0 Å². The van der Waals surface area contributed by atoms with Crippen molar-refractivity contribution in [3.05, 3.63) is 69.8 Å². The predicted molar refractivity (Wildman–Crippen MR) is 234 cm³/mol. The highest BCUT2D eigenvalue weighted by molar-refractivity contribution is 5.86. The van der Waals surface area contributed by atoms with E-state index < -0.39 is 11.4 Å². The fourth-order valence-electron chi connectivity index (χ4n) is 7.87. The fraction of sp³-hybridized carbons (Fsp3) is 0.745. The van der Waals surface area contributed by atoms with Crippen molar-refractivity contribution in [2.45, 2.75) is 245 Å². The van der Waals surface area contributed by atoms with Gasteiger partial charge in [0.1, 0.15) is 5.41 Å². The number of carbonyl (C=O) groups is 1. The zero-order valence-corrected chi connectivity index (χ0v) is 36.7. The van der Waals surface area contributed by atoms with Crippen molar-refractivity contribution in [1.29, 1.82) is 0 Å². The second-order valence-electron chi connectivity index (χ2n) is 19.0. The molecule has 0 fully saturated rings. The molecule has 0 amide bonds. The van der Waals surface area contributed by atoms with Crippen LogP contribution < -0.4 is 0 Å². The summed E-state index contributed by atoms with van der Waals surface area (Å²) in [6.45, 7) is 20.1. The van der Waals surface area contributed by atoms with Gasteiger partial charge in [0.15, 0.2) is 0 Å². The fourth-order valence-corrected chi connectivity index (χ4v) is 7.87. The lowest BCUT2D eigenvalue weighted by Crippen LogP contribution is -2.35. The number of hydrogen-bond acceptors (Lipinski definition) is 1. The van der Waals surface area contributed by atoms with Crippen LogP contribution in [0.4, 0.5) is 0 Å². The summed E-state index contributed by atoms with van der Waals surface area (Å²) in [6.07, 6.45) is 34.3. The van der Waals surface area contributed by atoms with Crippen LogP contribution >= 0.6 is 0 Å². The molecule has 53 heavy (non-hydrogen) atoms. The van der Waals surface area contributed by atoms with Gasteiger partial charge in [-0.1, -0.05) is 233 Å². The molecule has 0 bridgehead atoms. The van der Waals surface area contributed by atoms with E-state index in [1.54, 1.807) is 0 Å². The molecule has 2 aromatic carbocycles. The Hall–Kier alpha value is -2.09.